The van der Waals surface area contributed by atoms with Gasteiger partial charge in [-0.15, -0.1) is 0 Å². The van der Waals surface area contributed by atoms with Crippen molar-refractivity contribution in [3.63, 3.8) is 0 Å². The van der Waals surface area contributed by atoms with E-state index in [1.807, 2.05) is 0 Å². The zero-order chi connectivity index (χ0) is 12.4. The molecule has 0 aliphatic rings. The van der Waals surface area contributed by atoms with Crippen molar-refractivity contribution in [3.05, 3.63) is 0 Å². The van der Waals surface area contributed by atoms with E-state index < -0.39 is 0 Å². The average Bonchev–Trinajstić information content (AvgIpc) is 2.28. The van der Waals surface area contributed by atoms with Crippen molar-refractivity contribution < 1.29 is 4.79 Å². The van der Waals surface area contributed by atoms with Crippen molar-refractivity contribution in [1.82, 2.24) is 0 Å². The summed E-state index contributed by atoms with van der Waals surface area (Å²) in [4.78, 5) is 11.6. The van der Waals surface area contributed by atoms with Gasteiger partial charge in [-0.3, -0.25) is 4.79 Å². The molecule has 0 aromatic rings. The Morgan fingerprint density at radius 1 is 1.00 bits per heavy atom. The Morgan fingerprint density at radius 3 is 2.00 bits per heavy atom. The van der Waals surface area contributed by atoms with Crippen LogP contribution in [0.15, 0.2) is 0 Å². The fourth-order valence-electron chi connectivity index (χ4n) is 2.32. The van der Waals surface area contributed by atoms with Crippen LogP contribution in [0.25, 0.3) is 0 Å². The predicted molar refractivity (Wildman–Crippen MR) is 71.6 cm³/mol. The van der Waals surface area contributed by atoms with Crippen molar-refractivity contribution >= 4 is 5.78 Å². The Hall–Kier alpha value is -0.330. The van der Waals surface area contributed by atoms with Crippen molar-refractivity contribution in [2.45, 2.75) is 79.1 Å². The highest BCUT2D eigenvalue weighted by atomic mass is 16.1. The fraction of sp³-hybridized carbons (Fsp3) is 0.933. The number of Topliss-reactive ketones (excluding diaryl/α,β-unsaturated/α-hetero) is 1. The highest BCUT2D eigenvalue weighted by Crippen LogP contribution is 2.25. The molecule has 1 unspecified atom stereocenters. The Balaban J connectivity index is 4.06. The van der Waals surface area contributed by atoms with Crippen molar-refractivity contribution in [2.24, 2.45) is 11.8 Å². The lowest BCUT2D eigenvalue weighted by Gasteiger charge is -2.20. The molecule has 0 saturated heterocycles. The number of rotatable bonds is 10. The van der Waals surface area contributed by atoms with Gasteiger partial charge in [-0.05, 0) is 25.7 Å². The molecule has 0 heterocycles. The summed E-state index contributed by atoms with van der Waals surface area (Å²) in [6.45, 7) is 8.47. The molecule has 0 N–H and O–H groups in total. The third kappa shape index (κ3) is 7.03. The minimum atomic E-state index is 0.335. The standard InChI is InChI=1S/C15H30O/c1-5-8-10-14(7-3)12-15(13(4)16)11-9-6-2/h14-15H,5-12H2,1-4H3/t14-,15?/m1/s1. The fourth-order valence-corrected chi connectivity index (χ4v) is 2.32. The van der Waals surface area contributed by atoms with Gasteiger partial charge in [0.2, 0.25) is 0 Å². The summed E-state index contributed by atoms with van der Waals surface area (Å²) in [5.74, 6) is 1.51. The number of unbranched alkanes of at least 4 members (excludes halogenated alkanes) is 2. The molecule has 0 radical (unpaired) electrons. The highest BCUT2D eigenvalue weighted by molar-refractivity contribution is 5.78. The van der Waals surface area contributed by atoms with E-state index in [9.17, 15) is 4.79 Å². The second-order valence-corrected chi connectivity index (χ2v) is 5.10. The summed E-state index contributed by atoms with van der Waals surface area (Å²) in [5.41, 5.74) is 0. The van der Waals surface area contributed by atoms with E-state index in [0.29, 0.717) is 11.7 Å². The van der Waals surface area contributed by atoms with Crippen LogP contribution in [0.2, 0.25) is 0 Å². The molecule has 2 atom stereocenters. The van der Waals surface area contributed by atoms with Gasteiger partial charge >= 0.3 is 0 Å². The van der Waals surface area contributed by atoms with E-state index in [4.69, 9.17) is 0 Å². The SMILES string of the molecule is CCCCC(C[C@H](CC)CCCC)C(C)=O. The minimum absolute atomic E-state index is 0.335. The van der Waals surface area contributed by atoms with Gasteiger partial charge in [0, 0.05) is 5.92 Å². The topological polar surface area (TPSA) is 17.1 Å². The lowest BCUT2D eigenvalue weighted by atomic mass is 9.84. The van der Waals surface area contributed by atoms with Crippen LogP contribution in [0.3, 0.4) is 0 Å². The number of carbonyl (C=O) groups excluding carboxylic acids is 1. The smallest absolute Gasteiger partial charge is 0.132 e. The van der Waals surface area contributed by atoms with Crippen LogP contribution in [-0.2, 0) is 4.79 Å². The van der Waals surface area contributed by atoms with Crippen LogP contribution in [0.4, 0.5) is 0 Å². The normalized spacial score (nSPS) is 14.8. The van der Waals surface area contributed by atoms with Crippen molar-refractivity contribution in [1.29, 1.82) is 0 Å². The molecule has 0 bridgehead atoms. The average molecular weight is 226 g/mol. The minimum Gasteiger partial charge on any atom is -0.300 e. The lowest BCUT2D eigenvalue weighted by Crippen LogP contribution is -2.16. The molecule has 0 amide bonds. The van der Waals surface area contributed by atoms with Crippen LogP contribution >= 0.6 is 0 Å². The zero-order valence-electron chi connectivity index (χ0n) is 11.7. The molecule has 0 saturated carbocycles. The molecule has 16 heavy (non-hydrogen) atoms. The third-order valence-corrected chi connectivity index (χ3v) is 3.64. The van der Waals surface area contributed by atoms with E-state index in [-0.39, 0.29) is 0 Å². The van der Waals surface area contributed by atoms with Gasteiger partial charge in [-0.25, -0.2) is 0 Å². The Labute approximate surface area is 102 Å². The third-order valence-electron chi connectivity index (χ3n) is 3.64. The molecule has 0 aliphatic carbocycles. The molecular weight excluding hydrogens is 196 g/mol. The molecule has 1 nitrogen and oxygen atoms in total. The maximum absolute atomic E-state index is 11.6. The molecule has 0 rings (SSSR count). The molecule has 96 valence electrons. The summed E-state index contributed by atoms with van der Waals surface area (Å²) >= 11 is 0. The summed E-state index contributed by atoms with van der Waals surface area (Å²) in [7, 11) is 0. The zero-order valence-corrected chi connectivity index (χ0v) is 11.7. The first-order valence-electron chi connectivity index (χ1n) is 7.16. The van der Waals surface area contributed by atoms with Crippen LogP contribution in [0.5, 0.6) is 0 Å². The van der Waals surface area contributed by atoms with Gasteiger partial charge in [0.15, 0.2) is 0 Å². The Morgan fingerprint density at radius 2 is 1.56 bits per heavy atom. The van der Waals surface area contributed by atoms with Crippen molar-refractivity contribution in [3.8, 4) is 0 Å². The first-order valence-corrected chi connectivity index (χ1v) is 7.16. The van der Waals surface area contributed by atoms with Crippen LogP contribution in [0.1, 0.15) is 79.1 Å². The molecule has 0 aromatic carbocycles. The number of hydrogen-bond acceptors (Lipinski definition) is 1. The van der Waals surface area contributed by atoms with Gasteiger partial charge in [-0.1, -0.05) is 59.3 Å². The number of carbonyl (C=O) groups is 1. The number of ketones is 1. The van der Waals surface area contributed by atoms with Gasteiger partial charge in [0.25, 0.3) is 0 Å². The monoisotopic (exact) mass is 226 g/mol. The van der Waals surface area contributed by atoms with Crippen LogP contribution in [0, 0.1) is 11.8 Å². The highest BCUT2D eigenvalue weighted by Gasteiger charge is 2.18. The molecule has 0 aromatic heterocycles. The second-order valence-electron chi connectivity index (χ2n) is 5.10. The molecule has 1 heteroatoms. The van der Waals surface area contributed by atoms with Gasteiger partial charge in [-0.2, -0.15) is 0 Å². The Kier molecular flexibility index (Phi) is 9.66. The Bertz CT molecular complexity index is 174. The largest absolute Gasteiger partial charge is 0.300 e. The van der Waals surface area contributed by atoms with Crippen molar-refractivity contribution in [2.75, 3.05) is 0 Å². The predicted octanol–water partition coefficient (Wildman–Crippen LogP) is 4.99. The first kappa shape index (κ1) is 15.7. The molecule has 0 spiro atoms. The molecular formula is C15H30O. The summed E-state index contributed by atoms with van der Waals surface area (Å²) < 4.78 is 0. The number of hydrogen-bond donors (Lipinski definition) is 0. The summed E-state index contributed by atoms with van der Waals surface area (Å²) in [5, 5.41) is 0. The second kappa shape index (κ2) is 9.86. The maximum Gasteiger partial charge on any atom is 0.132 e. The van der Waals surface area contributed by atoms with Crippen LogP contribution < -0.4 is 0 Å². The van der Waals surface area contributed by atoms with Crippen LogP contribution in [-0.4, -0.2) is 5.78 Å². The van der Waals surface area contributed by atoms with Gasteiger partial charge in [0.1, 0.15) is 5.78 Å². The van der Waals surface area contributed by atoms with E-state index in [1.165, 1.54) is 38.5 Å². The van der Waals surface area contributed by atoms with Gasteiger partial charge in [0.05, 0.1) is 0 Å². The van der Waals surface area contributed by atoms with E-state index in [2.05, 4.69) is 20.8 Å². The van der Waals surface area contributed by atoms with Gasteiger partial charge < -0.3 is 0 Å². The summed E-state index contributed by atoms with van der Waals surface area (Å²) in [6, 6.07) is 0. The quantitative estimate of drug-likeness (QED) is 0.513. The summed E-state index contributed by atoms with van der Waals surface area (Å²) in [6.07, 6.45) is 9.77. The lowest BCUT2D eigenvalue weighted by molar-refractivity contribution is -0.121. The molecule has 0 aliphatic heterocycles. The van der Waals surface area contributed by atoms with E-state index in [1.54, 1.807) is 6.92 Å². The first-order chi connectivity index (χ1) is 7.65. The van der Waals surface area contributed by atoms with E-state index >= 15 is 0 Å². The molecule has 0 fully saturated rings. The van der Waals surface area contributed by atoms with E-state index in [0.717, 1.165) is 18.8 Å². The maximum atomic E-state index is 11.6.